The number of fused-ring (bicyclic) bond motifs is 1. The molecule has 1 heterocycles. The summed E-state index contributed by atoms with van der Waals surface area (Å²) in [6.45, 7) is 11.5. The van der Waals surface area contributed by atoms with Gasteiger partial charge in [-0.05, 0) is 43.6 Å². The highest BCUT2D eigenvalue weighted by atomic mass is 32.1. The van der Waals surface area contributed by atoms with Crippen molar-refractivity contribution in [3.8, 4) is 0 Å². The Bertz CT molecular complexity index is 475. The molecule has 0 aliphatic heterocycles. The lowest BCUT2D eigenvalue weighted by Crippen LogP contribution is -2.27. The smallest absolute Gasteiger partial charge is 0.0967 e. The second-order valence-electron chi connectivity index (χ2n) is 7.75. The lowest BCUT2D eigenvalue weighted by molar-refractivity contribution is 0.472. The Morgan fingerprint density at radius 2 is 2.15 bits per heavy atom. The first-order valence-corrected chi connectivity index (χ1v) is 8.99. The Kier molecular flexibility index (Phi) is 3.93. The normalized spacial score (nSPS) is 27.6. The number of rotatable bonds is 5. The fourth-order valence-electron chi connectivity index (χ4n) is 3.31. The Morgan fingerprint density at radius 1 is 1.40 bits per heavy atom. The van der Waals surface area contributed by atoms with Gasteiger partial charge in [0.2, 0.25) is 0 Å². The third-order valence-corrected chi connectivity index (χ3v) is 6.09. The fraction of sp³-hybridized carbons (Fsp3) is 0.824. The van der Waals surface area contributed by atoms with E-state index in [0.29, 0.717) is 11.3 Å². The molecule has 1 fully saturated rings. The fourth-order valence-corrected chi connectivity index (χ4v) is 4.81. The molecular weight excluding hydrogens is 264 g/mol. The minimum Gasteiger partial charge on any atom is -0.316 e. The van der Waals surface area contributed by atoms with Crippen molar-refractivity contribution in [3.63, 3.8) is 0 Å². The van der Waals surface area contributed by atoms with Gasteiger partial charge in [0.1, 0.15) is 0 Å². The number of nitrogens with zero attached hydrogens (tertiary/aromatic N) is 1. The van der Waals surface area contributed by atoms with Gasteiger partial charge in [0, 0.05) is 23.3 Å². The predicted octanol–water partition coefficient (Wildman–Crippen LogP) is 4.32. The van der Waals surface area contributed by atoms with Crippen LogP contribution in [0.3, 0.4) is 0 Å². The molecule has 2 aliphatic rings. The number of aromatic nitrogens is 1. The second-order valence-corrected chi connectivity index (χ2v) is 8.86. The third-order valence-electron chi connectivity index (χ3n) is 4.84. The van der Waals surface area contributed by atoms with Crippen molar-refractivity contribution in [2.75, 3.05) is 13.1 Å². The van der Waals surface area contributed by atoms with Crippen LogP contribution in [0.5, 0.6) is 0 Å². The molecule has 3 rings (SSSR count). The van der Waals surface area contributed by atoms with Gasteiger partial charge in [-0.1, -0.05) is 27.7 Å². The molecule has 0 aromatic carbocycles. The molecule has 1 aromatic heterocycles. The molecule has 1 N–H and O–H groups in total. The average molecular weight is 292 g/mol. The molecule has 3 heteroatoms. The highest BCUT2D eigenvalue weighted by molar-refractivity contribution is 7.11. The van der Waals surface area contributed by atoms with E-state index in [4.69, 9.17) is 4.98 Å². The van der Waals surface area contributed by atoms with Crippen LogP contribution in [-0.4, -0.2) is 18.1 Å². The molecule has 20 heavy (non-hydrogen) atoms. The standard InChI is InChI=1S/C17H28N2S/c1-11(2)9-18-10-12-6-5-7-14-15(12)19-16(20-14)13-8-17(13,3)4/h11-13,18H,5-10H2,1-4H3. The predicted molar refractivity (Wildman–Crippen MR) is 86.6 cm³/mol. The largest absolute Gasteiger partial charge is 0.316 e. The molecular formula is C17H28N2S. The molecule has 0 spiro atoms. The van der Waals surface area contributed by atoms with E-state index < -0.39 is 0 Å². The van der Waals surface area contributed by atoms with Crippen LogP contribution in [-0.2, 0) is 6.42 Å². The van der Waals surface area contributed by atoms with Crippen LogP contribution in [0.1, 0.15) is 74.4 Å². The monoisotopic (exact) mass is 292 g/mol. The van der Waals surface area contributed by atoms with Crippen molar-refractivity contribution in [2.24, 2.45) is 11.3 Å². The molecule has 2 nitrogen and oxygen atoms in total. The van der Waals surface area contributed by atoms with Gasteiger partial charge in [0.15, 0.2) is 0 Å². The summed E-state index contributed by atoms with van der Waals surface area (Å²) in [5, 5.41) is 5.06. The van der Waals surface area contributed by atoms with Gasteiger partial charge in [-0.2, -0.15) is 0 Å². The van der Waals surface area contributed by atoms with Crippen LogP contribution in [0.15, 0.2) is 0 Å². The maximum atomic E-state index is 5.07. The Morgan fingerprint density at radius 3 is 2.80 bits per heavy atom. The summed E-state index contributed by atoms with van der Waals surface area (Å²) >= 11 is 2.01. The van der Waals surface area contributed by atoms with E-state index in [1.165, 1.54) is 36.4 Å². The van der Waals surface area contributed by atoms with Crippen molar-refractivity contribution in [2.45, 2.75) is 65.2 Å². The Labute approximate surface area is 127 Å². The third kappa shape index (κ3) is 2.94. The average Bonchev–Trinajstić information content (AvgIpc) is 2.84. The van der Waals surface area contributed by atoms with Crippen LogP contribution in [0, 0.1) is 11.3 Å². The van der Waals surface area contributed by atoms with E-state index in [2.05, 4.69) is 33.0 Å². The molecule has 2 unspecified atom stereocenters. The van der Waals surface area contributed by atoms with Gasteiger partial charge in [-0.3, -0.25) is 0 Å². The molecule has 0 bridgehead atoms. The topological polar surface area (TPSA) is 24.9 Å². The van der Waals surface area contributed by atoms with Gasteiger partial charge in [-0.15, -0.1) is 11.3 Å². The number of aryl methyl sites for hydroxylation is 1. The van der Waals surface area contributed by atoms with Crippen LogP contribution in [0.4, 0.5) is 0 Å². The van der Waals surface area contributed by atoms with Gasteiger partial charge >= 0.3 is 0 Å². The Balaban J connectivity index is 1.69. The SMILES string of the molecule is CC(C)CNCC1CCCc2sc(C3CC3(C)C)nc21. The van der Waals surface area contributed by atoms with E-state index in [1.54, 1.807) is 4.88 Å². The van der Waals surface area contributed by atoms with Crippen LogP contribution in [0.2, 0.25) is 0 Å². The van der Waals surface area contributed by atoms with Crippen molar-refractivity contribution < 1.29 is 0 Å². The van der Waals surface area contributed by atoms with Crippen molar-refractivity contribution in [1.82, 2.24) is 10.3 Å². The highest BCUT2D eigenvalue weighted by Crippen LogP contribution is 2.59. The minimum atomic E-state index is 0.506. The summed E-state index contributed by atoms with van der Waals surface area (Å²) in [5.74, 6) is 2.13. The number of thiazole rings is 1. The summed E-state index contributed by atoms with van der Waals surface area (Å²) in [5.41, 5.74) is 1.95. The van der Waals surface area contributed by atoms with E-state index in [0.717, 1.165) is 24.9 Å². The summed E-state index contributed by atoms with van der Waals surface area (Å²) < 4.78 is 0. The zero-order valence-electron chi connectivity index (χ0n) is 13.3. The number of hydrogen-bond acceptors (Lipinski definition) is 3. The first-order chi connectivity index (χ1) is 9.47. The first-order valence-electron chi connectivity index (χ1n) is 8.17. The molecule has 2 aliphatic carbocycles. The molecule has 0 saturated heterocycles. The maximum absolute atomic E-state index is 5.07. The number of hydrogen-bond donors (Lipinski definition) is 1. The van der Waals surface area contributed by atoms with E-state index in [9.17, 15) is 0 Å². The lowest BCUT2D eigenvalue weighted by atomic mass is 9.91. The van der Waals surface area contributed by atoms with E-state index in [1.807, 2.05) is 11.3 Å². The first kappa shape index (κ1) is 14.5. The number of nitrogens with one attached hydrogen (secondary N) is 1. The molecule has 0 radical (unpaired) electrons. The molecule has 2 atom stereocenters. The van der Waals surface area contributed by atoms with Gasteiger partial charge in [0.05, 0.1) is 10.7 Å². The van der Waals surface area contributed by atoms with E-state index in [-0.39, 0.29) is 0 Å². The van der Waals surface area contributed by atoms with Crippen molar-refractivity contribution in [1.29, 1.82) is 0 Å². The van der Waals surface area contributed by atoms with Crippen molar-refractivity contribution >= 4 is 11.3 Å². The summed E-state index contributed by atoms with van der Waals surface area (Å²) in [7, 11) is 0. The maximum Gasteiger partial charge on any atom is 0.0967 e. The highest BCUT2D eigenvalue weighted by Gasteiger charge is 2.48. The summed E-state index contributed by atoms with van der Waals surface area (Å²) in [4.78, 5) is 6.65. The quantitative estimate of drug-likeness (QED) is 0.874. The van der Waals surface area contributed by atoms with Gasteiger partial charge < -0.3 is 5.32 Å². The van der Waals surface area contributed by atoms with Gasteiger partial charge in [0.25, 0.3) is 0 Å². The zero-order chi connectivity index (χ0) is 14.3. The van der Waals surface area contributed by atoms with E-state index >= 15 is 0 Å². The van der Waals surface area contributed by atoms with Crippen LogP contribution < -0.4 is 5.32 Å². The lowest BCUT2D eigenvalue weighted by Gasteiger charge is -2.22. The second kappa shape index (κ2) is 5.42. The Hall–Kier alpha value is -0.410. The van der Waals surface area contributed by atoms with Crippen molar-refractivity contribution in [3.05, 3.63) is 15.6 Å². The zero-order valence-corrected chi connectivity index (χ0v) is 14.1. The summed E-state index contributed by atoms with van der Waals surface area (Å²) in [6.07, 6.45) is 5.25. The summed E-state index contributed by atoms with van der Waals surface area (Å²) in [6, 6.07) is 0. The molecule has 1 saturated carbocycles. The molecule has 1 aromatic rings. The van der Waals surface area contributed by atoms with Crippen LogP contribution >= 0.6 is 11.3 Å². The van der Waals surface area contributed by atoms with Gasteiger partial charge in [-0.25, -0.2) is 4.98 Å². The molecule has 0 amide bonds. The minimum absolute atomic E-state index is 0.506. The molecule has 112 valence electrons. The van der Waals surface area contributed by atoms with Crippen LogP contribution in [0.25, 0.3) is 0 Å².